The van der Waals surface area contributed by atoms with Gasteiger partial charge in [-0.15, -0.1) is 21.8 Å². The molecule has 0 unspecified atom stereocenters. The number of aryl methyl sites for hydroxylation is 1. The fourth-order valence-corrected chi connectivity index (χ4v) is 1.85. The van der Waals surface area contributed by atoms with Gasteiger partial charge in [0.25, 0.3) is 0 Å². The number of hydrogen-bond acceptors (Lipinski definition) is 2. The van der Waals surface area contributed by atoms with Crippen molar-refractivity contribution < 1.29 is 0 Å². The Morgan fingerprint density at radius 3 is 2.38 bits per heavy atom. The second-order valence-corrected chi connectivity index (χ2v) is 3.95. The average molecular weight is 236 g/mol. The number of benzene rings is 1. The van der Waals surface area contributed by atoms with E-state index in [1.807, 2.05) is 11.6 Å². The molecule has 3 nitrogen and oxygen atoms in total. The van der Waals surface area contributed by atoms with Crippen LogP contribution in [-0.4, -0.2) is 14.8 Å². The van der Waals surface area contributed by atoms with E-state index in [1.165, 1.54) is 5.56 Å². The molecule has 0 saturated heterocycles. The molecule has 1 heterocycles. The molecule has 0 spiro atoms. The van der Waals surface area contributed by atoms with Crippen molar-refractivity contribution in [3.05, 3.63) is 35.7 Å². The molecule has 0 atom stereocenters. The first kappa shape index (κ1) is 11.1. The largest absolute Gasteiger partial charge is 0.313 e. The van der Waals surface area contributed by atoms with Crippen LogP contribution in [-0.2, 0) is 19.3 Å². The number of aromatic nitrogens is 3. The van der Waals surface area contributed by atoms with Gasteiger partial charge in [0.1, 0.15) is 5.82 Å². The van der Waals surface area contributed by atoms with E-state index in [-0.39, 0.29) is 0 Å². The van der Waals surface area contributed by atoms with Crippen LogP contribution >= 0.6 is 11.6 Å². The van der Waals surface area contributed by atoms with Crippen molar-refractivity contribution in [1.29, 1.82) is 0 Å². The monoisotopic (exact) mass is 235 g/mol. The highest BCUT2D eigenvalue weighted by atomic mass is 35.5. The van der Waals surface area contributed by atoms with Crippen LogP contribution in [0.2, 0.25) is 0 Å². The predicted molar refractivity (Wildman–Crippen MR) is 65.4 cm³/mol. The summed E-state index contributed by atoms with van der Waals surface area (Å²) in [5.41, 5.74) is 2.40. The molecule has 0 N–H and O–H groups in total. The summed E-state index contributed by atoms with van der Waals surface area (Å²) in [5.74, 6) is 2.03. The van der Waals surface area contributed by atoms with Gasteiger partial charge in [0.15, 0.2) is 5.82 Å². The highest BCUT2D eigenvalue weighted by molar-refractivity contribution is 6.16. The fraction of sp³-hybridized carbons (Fsp3) is 0.333. The summed E-state index contributed by atoms with van der Waals surface area (Å²) in [6.45, 7) is 2.14. The maximum atomic E-state index is 5.76. The van der Waals surface area contributed by atoms with E-state index in [0.717, 1.165) is 23.6 Å². The quantitative estimate of drug-likeness (QED) is 0.766. The lowest BCUT2D eigenvalue weighted by Crippen LogP contribution is -1.97. The predicted octanol–water partition coefficient (Wildman–Crippen LogP) is 2.78. The van der Waals surface area contributed by atoms with Crippen molar-refractivity contribution in [2.75, 3.05) is 0 Å². The Morgan fingerprint density at radius 2 is 1.88 bits per heavy atom. The molecule has 0 aliphatic rings. The molecule has 1 aromatic heterocycles. The lowest BCUT2D eigenvalue weighted by Gasteiger charge is -2.03. The topological polar surface area (TPSA) is 30.7 Å². The van der Waals surface area contributed by atoms with Crippen molar-refractivity contribution in [3.63, 3.8) is 0 Å². The van der Waals surface area contributed by atoms with Crippen molar-refractivity contribution in [2.45, 2.75) is 19.2 Å². The molecular formula is C12H14ClN3. The molecular weight excluding hydrogens is 222 g/mol. The summed E-state index contributed by atoms with van der Waals surface area (Å²) in [6.07, 6.45) is 1.05. The van der Waals surface area contributed by atoms with Crippen molar-refractivity contribution in [3.8, 4) is 11.4 Å². The molecule has 0 amide bonds. The molecule has 0 bridgehead atoms. The van der Waals surface area contributed by atoms with E-state index in [1.54, 1.807) is 0 Å². The van der Waals surface area contributed by atoms with Gasteiger partial charge in [-0.1, -0.05) is 31.2 Å². The minimum absolute atomic E-state index is 0.385. The zero-order valence-electron chi connectivity index (χ0n) is 9.44. The van der Waals surface area contributed by atoms with Gasteiger partial charge in [-0.25, -0.2) is 0 Å². The molecule has 0 fully saturated rings. The van der Waals surface area contributed by atoms with E-state index in [2.05, 4.69) is 41.4 Å². The van der Waals surface area contributed by atoms with Crippen molar-refractivity contribution >= 4 is 11.6 Å². The minimum Gasteiger partial charge on any atom is -0.313 e. The molecule has 0 aliphatic carbocycles. The normalized spacial score (nSPS) is 10.7. The van der Waals surface area contributed by atoms with Crippen LogP contribution in [0.5, 0.6) is 0 Å². The third-order valence-corrected chi connectivity index (χ3v) is 2.94. The molecule has 0 saturated carbocycles. The Morgan fingerprint density at radius 1 is 1.19 bits per heavy atom. The molecule has 2 aromatic rings. The van der Waals surface area contributed by atoms with E-state index in [0.29, 0.717) is 5.88 Å². The Balaban J connectivity index is 2.38. The SMILES string of the molecule is CCc1ccc(-c2nnc(CCl)n2C)cc1. The van der Waals surface area contributed by atoms with Crippen LogP contribution in [0, 0.1) is 0 Å². The lowest BCUT2D eigenvalue weighted by molar-refractivity contribution is 0.853. The van der Waals surface area contributed by atoms with Gasteiger partial charge in [0, 0.05) is 12.6 Å². The third kappa shape index (κ3) is 1.95. The van der Waals surface area contributed by atoms with Gasteiger partial charge in [0.2, 0.25) is 0 Å². The van der Waals surface area contributed by atoms with Crippen LogP contribution < -0.4 is 0 Å². The molecule has 16 heavy (non-hydrogen) atoms. The third-order valence-electron chi connectivity index (χ3n) is 2.70. The Hall–Kier alpha value is -1.35. The van der Waals surface area contributed by atoms with Gasteiger partial charge in [-0.3, -0.25) is 0 Å². The second-order valence-electron chi connectivity index (χ2n) is 3.68. The second kappa shape index (κ2) is 4.66. The van der Waals surface area contributed by atoms with Gasteiger partial charge in [-0.2, -0.15) is 0 Å². The minimum atomic E-state index is 0.385. The standard InChI is InChI=1S/C12H14ClN3/c1-3-9-4-6-10(7-5-9)12-15-14-11(8-13)16(12)2/h4-7H,3,8H2,1-2H3. The first-order valence-corrected chi connectivity index (χ1v) is 5.83. The smallest absolute Gasteiger partial charge is 0.163 e. The summed E-state index contributed by atoms with van der Waals surface area (Å²) < 4.78 is 1.92. The average Bonchev–Trinajstić information content (AvgIpc) is 2.70. The highest BCUT2D eigenvalue weighted by Gasteiger charge is 2.09. The van der Waals surface area contributed by atoms with E-state index < -0.39 is 0 Å². The van der Waals surface area contributed by atoms with Crippen molar-refractivity contribution in [1.82, 2.24) is 14.8 Å². The summed E-state index contributed by atoms with van der Waals surface area (Å²) in [6, 6.07) is 8.37. The van der Waals surface area contributed by atoms with Crippen LogP contribution in [0.25, 0.3) is 11.4 Å². The summed E-state index contributed by atoms with van der Waals surface area (Å²) in [7, 11) is 1.93. The Bertz CT molecular complexity index is 474. The maximum absolute atomic E-state index is 5.76. The summed E-state index contributed by atoms with van der Waals surface area (Å²) >= 11 is 5.76. The molecule has 84 valence electrons. The first-order valence-electron chi connectivity index (χ1n) is 5.29. The molecule has 0 aliphatic heterocycles. The number of alkyl halides is 1. The summed E-state index contributed by atoms with van der Waals surface area (Å²) in [4.78, 5) is 0. The Labute approximate surface area is 100 Å². The van der Waals surface area contributed by atoms with Crippen LogP contribution in [0.1, 0.15) is 18.3 Å². The number of hydrogen-bond donors (Lipinski definition) is 0. The highest BCUT2D eigenvalue weighted by Crippen LogP contribution is 2.18. The van der Waals surface area contributed by atoms with Crippen molar-refractivity contribution in [2.24, 2.45) is 7.05 Å². The van der Waals surface area contributed by atoms with Gasteiger partial charge in [0.05, 0.1) is 5.88 Å². The zero-order chi connectivity index (χ0) is 11.5. The molecule has 2 rings (SSSR count). The Kier molecular flexibility index (Phi) is 3.25. The van der Waals surface area contributed by atoms with Gasteiger partial charge >= 0.3 is 0 Å². The number of halogens is 1. The maximum Gasteiger partial charge on any atom is 0.163 e. The van der Waals surface area contributed by atoms with E-state index >= 15 is 0 Å². The zero-order valence-corrected chi connectivity index (χ0v) is 10.2. The number of nitrogens with zero attached hydrogens (tertiary/aromatic N) is 3. The number of rotatable bonds is 3. The lowest BCUT2D eigenvalue weighted by atomic mass is 10.1. The van der Waals surface area contributed by atoms with Gasteiger partial charge in [-0.05, 0) is 12.0 Å². The molecule has 1 aromatic carbocycles. The molecule has 0 radical (unpaired) electrons. The molecule has 4 heteroatoms. The van der Waals surface area contributed by atoms with Crippen LogP contribution in [0.4, 0.5) is 0 Å². The van der Waals surface area contributed by atoms with Crippen LogP contribution in [0.15, 0.2) is 24.3 Å². The van der Waals surface area contributed by atoms with E-state index in [4.69, 9.17) is 11.6 Å². The van der Waals surface area contributed by atoms with E-state index in [9.17, 15) is 0 Å². The first-order chi connectivity index (χ1) is 7.76. The van der Waals surface area contributed by atoms with Crippen LogP contribution in [0.3, 0.4) is 0 Å². The fourth-order valence-electron chi connectivity index (χ4n) is 1.62. The van der Waals surface area contributed by atoms with Gasteiger partial charge < -0.3 is 4.57 Å². The summed E-state index contributed by atoms with van der Waals surface area (Å²) in [5, 5.41) is 8.18.